The second-order valence-corrected chi connectivity index (χ2v) is 3.97. The summed E-state index contributed by atoms with van der Waals surface area (Å²) < 4.78 is 0. The molecule has 60 valence electrons. The van der Waals surface area contributed by atoms with Crippen molar-refractivity contribution in [1.82, 2.24) is 0 Å². The first-order valence-electron chi connectivity index (χ1n) is 3.94. The molecule has 0 spiro atoms. The monoisotopic (exact) mass is 143 g/mol. The van der Waals surface area contributed by atoms with Crippen molar-refractivity contribution in [2.45, 2.75) is 38.7 Å². The predicted molar refractivity (Wildman–Crippen MR) is 41.6 cm³/mol. The lowest BCUT2D eigenvalue weighted by Crippen LogP contribution is -2.46. The van der Waals surface area contributed by atoms with Crippen LogP contribution in [0.1, 0.15) is 33.1 Å². The van der Waals surface area contributed by atoms with Gasteiger partial charge in [-0.3, -0.25) is 0 Å². The van der Waals surface area contributed by atoms with Gasteiger partial charge in [-0.1, -0.05) is 13.8 Å². The van der Waals surface area contributed by atoms with Crippen molar-refractivity contribution in [2.24, 2.45) is 11.1 Å². The predicted octanol–water partition coefficient (Wildman–Crippen LogP) is 0.886. The van der Waals surface area contributed by atoms with Crippen LogP contribution in [-0.2, 0) is 0 Å². The van der Waals surface area contributed by atoms with Crippen LogP contribution in [0.4, 0.5) is 0 Å². The van der Waals surface area contributed by atoms with Gasteiger partial charge in [0.25, 0.3) is 0 Å². The molecule has 3 N–H and O–H groups in total. The molecule has 0 amide bonds. The third-order valence-electron chi connectivity index (χ3n) is 2.99. The molecular formula is C8H17NO. The first-order chi connectivity index (χ1) is 4.52. The number of rotatable bonds is 1. The van der Waals surface area contributed by atoms with E-state index in [1.165, 1.54) is 0 Å². The Morgan fingerprint density at radius 2 is 2.00 bits per heavy atom. The van der Waals surface area contributed by atoms with Gasteiger partial charge in [-0.2, -0.15) is 0 Å². The van der Waals surface area contributed by atoms with E-state index in [-0.39, 0.29) is 5.41 Å². The third kappa shape index (κ3) is 0.956. The molecule has 1 fully saturated rings. The van der Waals surface area contributed by atoms with Crippen molar-refractivity contribution >= 4 is 0 Å². The fourth-order valence-corrected chi connectivity index (χ4v) is 1.77. The molecule has 10 heavy (non-hydrogen) atoms. The molecule has 1 rings (SSSR count). The van der Waals surface area contributed by atoms with Gasteiger partial charge in [-0.15, -0.1) is 0 Å². The number of hydrogen-bond acceptors (Lipinski definition) is 2. The minimum Gasteiger partial charge on any atom is -0.388 e. The molecule has 0 aromatic carbocycles. The number of nitrogens with two attached hydrogens (primary N) is 1. The maximum absolute atomic E-state index is 9.90. The van der Waals surface area contributed by atoms with E-state index in [0.717, 1.165) is 19.3 Å². The van der Waals surface area contributed by atoms with Gasteiger partial charge < -0.3 is 10.8 Å². The highest BCUT2D eigenvalue weighted by atomic mass is 16.3. The first kappa shape index (κ1) is 8.02. The quantitative estimate of drug-likeness (QED) is 0.572. The van der Waals surface area contributed by atoms with E-state index in [1.54, 1.807) is 0 Å². The highest BCUT2D eigenvalue weighted by Crippen LogP contribution is 2.44. The minimum absolute atomic E-state index is 0.0295. The zero-order valence-corrected chi connectivity index (χ0v) is 6.85. The van der Waals surface area contributed by atoms with Gasteiger partial charge in [0.15, 0.2) is 0 Å². The lowest BCUT2D eigenvalue weighted by molar-refractivity contribution is -0.0339. The SMILES string of the molecule is CC1(C)CCC[C@@]1(O)CN. The zero-order chi connectivity index (χ0) is 7.83. The third-order valence-corrected chi connectivity index (χ3v) is 2.99. The summed E-state index contributed by atoms with van der Waals surface area (Å²) in [4.78, 5) is 0. The Kier molecular flexibility index (Phi) is 1.77. The van der Waals surface area contributed by atoms with Crippen LogP contribution in [0, 0.1) is 5.41 Å². The van der Waals surface area contributed by atoms with E-state index in [4.69, 9.17) is 5.73 Å². The Balaban J connectivity index is 2.76. The summed E-state index contributed by atoms with van der Waals surface area (Å²) in [6.45, 7) is 4.58. The topological polar surface area (TPSA) is 46.2 Å². The maximum atomic E-state index is 9.90. The molecule has 1 aliphatic carbocycles. The lowest BCUT2D eigenvalue weighted by atomic mass is 9.78. The molecule has 1 saturated carbocycles. The van der Waals surface area contributed by atoms with Crippen molar-refractivity contribution in [3.05, 3.63) is 0 Å². The summed E-state index contributed by atoms with van der Waals surface area (Å²) in [5.74, 6) is 0. The molecule has 0 aliphatic heterocycles. The highest BCUT2D eigenvalue weighted by molar-refractivity contribution is 4.99. The van der Waals surface area contributed by atoms with Crippen molar-refractivity contribution < 1.29 is 5.11 Å². The average Bonchev–Trinajstić information content (AvgIpc) is 2.10. The second-order valence-electron chi connectivity index (χ2n) is 3.97. The normalized spacial score (nSPS) is 38.4. The van der Waals surface area contributed by atoms with Crippen LogP contribution in [0.2, 0.25) is 0 Å². The second kappa shape index (κ2) is 2.21. The molecule has 0 saturated heterocycles. The maximum Gasteiger partial charge on any atom is 0.0819 e. The first-order valence-corrected chi connectivity index (χ1v) is 3.94. The van der Waals surface area contributed by atoms with Gasteiger partial charge in [0, 0.05) is 6.54 Å². The van der Waals surface area contributed by atoms with Gasteiger partial charge in [0.1, 0.15) is 0 Å². The van der Waals surface area contributed by atoms with Crippen LogP contribution >= 0.6 is 0 Å². The molecule has 1 atom stereocenters. The van der Waals surface area contributed by atoms with E-state index in [2.05, 4.69) is 13.8 Å². The van der Waals surface area contributed by atoms with Gasteiger partial charge in [0.05, 0.1) is 5.60 Å². The molecule has 0 aromatic heterocycles. The van der Waals surface area contributed by atoms with Crippen LogP contribution in [0.5, 0.6) is 0 Å². The summed E-state index contributed by atoms with van der Waals surface area (Å²) >= 11 is 0. The van der Waals surface area contributed by atoms with E-state index >= 15 is 0 Å². The highest BCUT2D eigenvalue weighted by Gasteiger charge is 2.46. The van der Waals surface area contributed by atoms with Crippen LogP contribution < -0.4 is 5.73 Å². The Bertz CT molecular complexity index is 133. The molecule has 0 unspecified atom stereocenters. The van der Waals surface area contributed by atoms with Gasteiger partial charge in [-0.05, 0) is 24.7 Å². The van der Waals surface area contributed by atoms with Crippen LogP contribution in [0.3, 0.4) is 0 Å². The number of aliphatic hydroxyl groups is 1. The smallest absolute Gasteiger partial charge is 0.0819 e. The van der Waals surface area contributed by atoms with Crippen molar-refractivity contribution in [1.29, 1.82) is 0 Å². The Hall–Kier alpha value is -0.0800. The summed E-state index contributed by atoms with van der Waals surface area (Å²) in [5.41, 5.74) is 4.93. The molecular weight excluding hydrogens is 126 g/mol. The number of hydrogen-bond donors (Lipinski definition) is 2. The van der Waals surface area contributed by atoms with E-state index in [9.17, 15) is 5.11 Å². The molecule has 0 heterocycles. The standard InChI is InChI=1S/C8H17NO/c1-7(2)4-3-5-8(7,10)6-9/h10H,3-6,9H2,1-2H3/t8-/m1/s1. The molecule has 0 radical (unpaired) electrons. The van der Waals surface area contributed by atoms with Gasteiger partial charge >= 0.3 is 0 Å². The van der Waals surface area contributed by atoms with Crippen LogP contribution in [0.15, 0.2) is 0 Å². The molecule has 1 aliphatic rings. The van der Waals surface area contributed by atoms with Crippen molar-refractivity contribution in [3.63, 3.8) is 0 Å². The van der Waals surface area contributed by atoms with E-state index in [1.807, 2.05) is 0 Å². The zero-order valence-electron chi connectivity index (χ0n) is 6.85. The Labute approximate surface area is 62.4 Å². The molecule has 0 bridgehead atoms. The van der Waals surface area contributed by atoms with Crippen LogP contribution in [0.25, 0.3) is 0 Å². The lowest BCUT2D eigenvalue weighted by Gasteiger charge is -2.35. The molecule has 2 heteroatoms. The largest absolute Gasteiger partial charge is 0.388 e. The summed E-state index contributed by atoms with van der Waals surface area (Å²) in [6.07, 6.45) is 3.08. The fourth-order valence-electron chi connectivity index (χ4n) is 1.77. The summed E-state index contributed by atoms with van der Waals surface area (Å²) in [6, 6.07) is 0. The van der Waals surface area contributed by atoms with Gasteiger partial charge in [0.2, 0.25) is 0 Å². The van der Waals surface area contributed by atoms with Crippen molar-refractivity contribution in [3.8, 4) is 0 Å². The van der Waals surface area contributed by atoms with E-state index < -0.39 is 5.60 Å². The fraction of sp³-hybridized carbons (Fsp3) is 1.00. The summed E-state index contributed by atoms with van der Waals surface area (Å²) in [7, 11) is 0. The van der Waals surface area contributed by atoms with Crippen LogP contribution in [-0.4, -0.2) is 17.3 Å². The van der Waals surface area contributed by atoms with E-state index in [0.29, 0.717) is 6.54 Å². The average molecular weight is 143 g/mol. The molecule has 0 aromatic rings. The summed E-state index contributed by atoms with van der Waals surface area (Å²) in [5, 5.41) is 9.90. The Morgan fingerprint density at radius 1 is 1.40 bits per heavy atom. The molecule has 2 nitrogen and oxygen atoms in total. The van der Waals surface area contributed by atoms with Crippen molar-refractivity contribution in [2.75, 3.05) is 6.54 Å². The van der Waals surface area contributed by atoms with Gasteiger partial charge in [-0.25, -0.2) is 0 Å². The Morgan fingerprint density at radius 3 is 2.20 bits per heavy atom. The minimum atomic E-state index is -0.590.